The molecule has 1 saturated carbocycles. The van der Waals surface area contributed by atoms with Crippen LogP contribution in [0.4, 0.5) is 5.82 Å². The number of aromatic nitrogens is 1. The molecule has 1 aromatic heterocycles. The summed E-state index contributed by atoms with van der Waals surface area (Å²) in [4.78, 5) is 4.35. The maximum Gasteiger partial charge on any atom is 0.168 e. The van der Waals surface area contributed by atoms with E-state index in [-0.39, 0.29) is 12.2 Å². The molecule has 2 rings (SSSR count). The molecule has 1 aromatic rings. The van der Waals surface area contributed by atoms with Gasteiger partial charge in [0.2, 0.25) is 0 Å². The summed E-state index contributed by atoms with van der Waals surface area (Å²) in [5.74, 6) is 1.62. The minimum absolute atomic E-state index is 0.127. The molecule has 1 aliphatic rings. The maximum absolute atomic E-state index is 9.50. The molecule has 1 heterocycles. The van der Waals surface area contributed by atoms with E-state index in [1.54, 1.807) is 6.20 Å². The lowest BCUT2D eigenvalue weighted by Gasteiger charge is -2.27. The van der Waals surface area contributed by atoms with Gasteiger partial charge >= 0.3 is 0 Å². The second-order valence-corrected chi connectivity index (χ2v) is 5.17. The van der Waals surface area contributed by atoms with Crippen molar-refractivity contribution in [1.29, 1.82) is 0 Å². The number of aliphatic hydroxyl groups is 1. The predicted octanol–water partition coefficient (Wildman–Crippen LogP) is 2.58. The van der Waals surface area contributed by atoms with Gasteiger partial charge in [0.05, 0.1) is 12.2 Å². The van der Waals surface area contributed by atoms with Crippen molar-refractivity contribution in [3.63, 3.8) is 0 Å². The lowest BCUT2D eigenvalue weighted by Crippen LogP contribution is -2.28. The summed E-state index contributed by atoms with van der Waals surface area (Å²) in [6, 6.07) is 4.21. The predicted molar refractivity (Wildman–Crippen MR) is 71.9 cm³/mol. The molecule has 4 heteroatoms. The van der Waals surface area contributed by atoms with E-state index in [4.69, 9.17) is 4.74 Å². The number of hydrogen-bond acceptors (Lipinski definition) is 4. The average molecular weight is 250 g/mol. The first-order valence-electron chi connectivity index (χ1n) is 6.71. The Balaban J connectivity index is 2.00. The molecule has 1 fully saturated rings. The molecule has 0 unspecified atom stereocenters. The third-order valence-corrected chi connectivity index (χ3v) is 3.17. The van der Waals surface area contributed by atoms with Crippen LogP contribution in [0.25, 0.3) is 0 Å². The van der Waals surface area contributed by atoms with Crippen LogP contribution in [-0.4, -0.2) is 28.3 Å². The van der Waals surface area contributed by atoms with Gasteiger partial charge in [0.25, 0.3) is 0 Å². The van der Waals surface area contributed by atoms with Gasteiger partial charge in [0.15, 0.2) is 11.6 Å². The summed E-state index contributed by atoms with van der Waals surface area (Å²) in [7, 11) is 0. The van der Waals surface area contributed by atoms with Crippen molar-refractivity contribution >= 4 is 5.82 Å². The van der Waals surface area contributed by atoms with Gasteiger partial charge in [-0.05, 0) is 51.7 Å². The first-order valence-corrected chi connectivity index (χ1v) is 6.71. The minimum Gasteiger partial charge on any atom is -0.487 e. The molecule has 0 bridgehead atoms. The Morgan fingerprint density at radius 1 is 1.33 bits per heavy atom. The Hall–Kier alpha value is -1.29. The lowest BCUT2D eigenvalue weighted by molar-refractivity contribution is 0.126. The second kappa shape index (κ2) is 6.05. The Bertz CT molecular complexity index is 374. The lowest BCUT2D eigenvalue weighted by atomic mass is 9.93. The first-order chi connectivity index (χ1) is 8.65. The highest BCUT2D eigenvalue weighted by Crippen LogP contribution is 2.27. The highest BCUT2D eigenvalue weighted by molar-refractivity contribution is 5.50. The van der Waals surface area contributed by atoms with Crippen molar-refractivity contribution in [2.75, 3.05) is 5.32 Å². The number of pyridine rings is 1. The number of aliphatic hydroxyl groups excluding tert-OH is 1. The van der Waals surface area contributed by atoms with E-state index in [1.807, 2.05) is 26.0 Å². The molecule has 0 amide bonds. The van der Waals surface area contributed by atoms with Gasteiger partial charge < -0.3 is 15.2 Å². The Labute approximate surface area is 108 Å². The van der Waals surface area contributed by atoms with Gasteiger partial charge in [-0.1, -0.05) is 0 Å². The largest absolute Gasteiger partial charge is 0.487 e. The zero-order chi connectivity index (χ0) is 13.0. The van der Waals surface area contributed by atoms with Crippen molar-refractivity contribution in [1.82, 2.24) is 4.98 Å². The van der Waals surface area contributed by atoms with Crippen molar-refractivity contribution in [2.45, 2.75) is 57.8 Å². The number of rotatable bonds is 4. The molecule has 2 N–H and O–H groups in total. The molecule has 0 aromatic carbocycles. The first kappa shape index (κ1) is 13.1. The zero-order valence-electron chi connectivity index (χ0n) is 11.1. The normalized spacial score (nSPS) is 24.0. The summed E-state index contributed by atoms with van der Waals surface area (Å²) < 4.78 is 5.73. The van der Waals surface area contributed by atoms with Gasteiger partial charge in [-0.3, -0.25) is 0 Å². The molecule has 100 valence electrons. The highest BCUT2D eigenvalue weighted by atomic mass is 16.5. The fraction of sp³-hybridized carbons (Fsp3) is 0.643. The van der Waals surface area contributed by atoms with Crippen LogP contribution < -0.4 is 10.1 Å². The SMILES string of the molecule is CC(C)Oc1cccnc1NC1CCC(O)CC1. The van der Waals surface area contributed by atoms with Crippen molar-refractivity contribution in [2.24, 2.45) is 0 Å². The molecule has 0 atom stereocenters. The maximum atomic E-state index is 9.50. The third kappa shape index (κ3) is 3.60. The van der Waals surface area contributed by atoms with E-state index in [1.165, 1.54) is 0 Å². The van der Waals surface area contributed by atoms with E-state index < -0.39 is 0 Å². The molecule has 0 radical (unpaired) electrons. The summed E-state index contributed by atoms with van der Waals surface area (Å²) in [5, 5.41) is 12.9. The van der Waals surface area contributed by atoms with Crippen LogP contribution in [0.2, 0.25) is 0 Å². The van der Waals surface area contributed by atoms with Gasteiger partial charge in [-0.25, -0.2) is 4.98 Å². The molecule has 18 heavy (non-hydrogen) atoms. The summed E-state index contributed by atoms with van der Waals surface area (Å²) in [6.07, 6.45) is 5.49. The minimum atomic E-state index is -0.127. The molecule has 0 spiro atoms. The van der Waals surface area contributed by atoms with Crippen LogP contribution in [-0.2, 0) is 0 Å². The van der Waals surface area contributed by atoms with Gasteiger partial charge in [-0.2, -0.15) is 0 Å². The molecule has 1 aliphatic carbocycles. The highest BCUT2D eigenvalue weighted by Gasteiger charge is 2.20. The van der Waals surface area contributed by atoms with Gasteiger partial charge in [0, 0.05) is 12.2 Å². The average Bonchev–Trinajstić information content (AvgIpc) is 2.34. The molecular formula is C14H22N2O2. The number of hydrogen-bond donors (Lipinski definition) is 2. The van der Waals surface area contributed by atoms with E-state index >= 15 is 0 Å². The van der Waals surface area contributed by atoms with E-state index in [0.717, 1.165) is 37.3 Å². The van der Waals surface area contributed by atoms with Crippen molar-refractivity contribution in [3.8, 4) is 5.75 Å². The quantitative estimate of drug-likeness (QED) is 0.862. The topological polar surface area (TPSA) is 54.4 Å². The van der Waals surface area contributed by atoms with Gasteiger partial charge in [0.1, 0.15) is 0 Å². The van der Waals surface area contributed by atoms with E-state index in [0.29, 0.717) is 6.04 Å². The number of ether oxygens (including phenoxy) is 1. The number of nitrogens with one attached hydrogen (secondary N) is 1. The van der Waals surface area contributed by atoms with Crippen LogP contribution in [0.5, 0.6) is 5.75 Å². The fourth-order valence-corrected chi connectivity index (χ4v) is 2.26. The second-order valence-electron chi connectivity index (χ2n) is 5.17. The number of nitrogens with zero attached hydrogens (tertiary/aromatic N) is 1. The van der Waals surface area contributed by atoms with Crippen LogP contribution in [0.15, 0.2) is 18.3 Å². The summed E-state index contributed by atoms with van der Waals surface area (Å²) in [5.41, 5.74) is 0. The third-order valence-electron chi connectivity index (χ3n) is 3.17. The summed E-state index contributed by atoms with van der Waals surface area (Å²) >= 11 is 0. The van der Waals surface area contributed by atoms with Crippen LogP contribution >= 0.6 is 0 Å². The van der Waals surface area contributed by atoms with E-state index in [9.17, 15) is 5.11 Å². The molecule has 0 aliphatic heterocycles. The Kier molecular flexibility index (Phi) is 4.42. The monoisotopic (exact) mass is 250 g/mol. The molecular weight excluding hydrogens is 228 g/mol. The smallest absolute Gasteiger partial charge is 0.168 e. The summed E-state index contributed by atoms with van der Waals surface area (Å²) in [6.45, 7) is 4.02. The Morgan fingerprint density at radius 3 is 2.72 bits per heavy atom. The fourth-order valence-electron chi connectivity index (χ4n) is 2.26. The van der Waals surface area contributed by atoms with Crippen molar-refractivity contribution in [3.05, 3.63) is 18.3 Å². The van der Waals surface area contributed by atoms with Crippen LogP contribution in [0.3, 0.4) is 0 Å². The molecule has 4 nitrogen and oxygen atoms in total. The molecule has 0 saturated heterocycles. The zero-order valence-corrected chi connectivity index (χ0v) is 11.1. The standard InChI is InChI=1S/C14H22N2O2/c1-10(2)18-13-4-3-9-15-14(13)16-11-5-7-12(17)8-6-11/h3-4,9-12,17H,5-8H2,1-2H3,(H,15,16). The van der Waals surface area contributed by atoms with Crippen LogP contribution in [0.1, 0.15) is 39.5 Å². The van der Waals surface area contributed by atoms with Crippen molar-refractivity contribution < 1.29 is 9.84 Å². The van der Waals surface area contributed by atoms with Gasteiger partial charge in [-0.15, -0.1) is 0 Å². The Morgan fingerprint density at radius 2 is 2.06 bits per heavy atom. The number of anilines is 1. The van der Waals surface area contributed by atoms with E-state index in [2.05, 4.69) is 10.3 Å². The van der Waals surface area contributed by atoms with Crippen LogP contribution in [0, 0.1) is 0 Å².